The van der Waals surface area contributed by atoms with Crippen LogP contribution in [0.3, 0.4) is 0 Å². The molecular formula is C13H15ClN2O3S. The maximum atomic E-state index is 12.5. The lowest BCUT2D eigenvalue weighted by atomic mass is 10.3. The molecule has 0 unspecified atom stereocenters. The predicted octanol–water partition coefficient (Wildman–Crippen LogP) is 2.64. The van der Waals surface area contributed by atoms with Gasteiger partial charge in [-0.25, -0.2) is 8.42 Å². The van der Waals surface area contributed by atoms with Crippen LogP contribution in [-0.4, -0.2) is 19.8 Å². The first-order chi connectivity index (χ1) is 9.32. The Morgan fingerprint density at radius 2 is 2.05 bits per heavy atom. The van der Waals surface area contributed by atoms with Crippen LogP contribution in [0, 0.1) is 6.92 Å². The van der Waals surface area contributed by atoms with Crippen LogP contribution in [-0.2, 0) is 16.6 Å². The molecule has 0 amide bonds. The number of benzene rings is 1. The molecule has 0 spiro atoms. The summed E-state index contributed by atoms with van der Waals surface area (Å²) >= 11 is 5.96. The van der Waals surface area contributed by atoms with Crippen molar-refractivity contribution < 1.29 is 12.8 Å². The molecule has 0 aliphatic carbocycles. The molecule has 1 aromatic carbocycles. The predicted molar refractivity (Wildman–Crippen MR) is 78.0 cm³/mol. The second kappa shape index (κ2) is 5.47. The summed E-state index contributed by atoms with van der Waals surface area (Å²) in [7, 11) is -2.22. The number of anilines is 1. The van der Waals surface area contributed by atoms with Crippen molar-refractivity contribution in [3.63, 3.8) is 0 Å². The molecule has 1 heterocycles. The summed E-state index contributed by atoms with van der Waals surface area (Å²) in [5.41, 5.74) is 6.78. The van der Waals surface area contributed by atoms with Crippen molar-refractivity contribution >= 4 is 27.3 Å². The highest BCUT2D eigenvalue weighted by atomic mass is 35.5. The van der Waals surface area contributed by atoms with E-state index in [-0.39, 0.29) is 16.5 Å². The van der Waals surface area contributed by atoms with Crippen molar-refractivity contribution in [1.82, 2.24) is 4.31 Å². The third-order valence-corrected chi connectivity index (χ3v) is 5.29. The van der Waals surface area contributed by atoms with Crippen molar-refractivity contribution in [2.24, 2.45) is 0 Å². The molecule has 0 saturated carbocycles. The molecule has 0 saturated heterocycles. The summed E-state index contributed by atoms with van der Waals surface area (Å²) < 4.78 is 31.4. The smallest absolute Gasteiger partial charge is 0.244 e. The topological polar surface area (TPSA) is 76.5 Å². The van der Waals surface area contributed by atoms with Gasteiger partial charge in [0.25, 0.3) is 0 Å². The Balaban J connectivity index is 2.35. The van der Waals surface area contributed by atoms with Crippen LogP contribution in [0.1, 0.15) is 11.3 Å². The summed E-state index contributed by atoms with van der Waals surface area (Å²) in [5, 5.41) is 0.148. The number of nitrogen functional groups attached to an aromatic ring is 1. The highest BCUT2D eigenvalue weighted by Gasteiger charge is 2.24. The van der Waals surface area contributed by atoms with Crippen molar-refractivity contribution in [2.45, 2.75) is 18.4 Å². The maximum Gasteiger partial charge on any atom is 0.244 e. The van der Waals surface area contributed by atoms with Crippen molar-refractivity contribution in [1.29, 1.82) is 0 Å². The summed E-state index contributed by atoms with van der Waals surface area (Å²) in [6.07, 6.45) is 1.53. The molecule has 108 valence electrons. The summed E-state index contributed by atoms with van der Waals surface area (Å²) in [5.74, 6) is 0.686. The maximum absolute atomic E-state index is 12.5. The van der Waals surface area contributed by atoms with E-state index in [1.165, 1.54) is 29.7 Å². The van der Waals surface area contributed by atoms with Gasteiger partial charge in [0.05, 0.1) is 11.3 Å². The van der Waals surface area contributed by atoms with Crippen LogP contribution in [0.2, 0.25) is 5.02 Å². The Hall–Kier alpha value is -1.50. The highest BCUT2D eigenvalue weighted by Crippen LogP contribution is 2.27. The van der Waals surface area contributed by atoms with E-state index >= 15 is 0 Å². The van der Waals surface area contributed by atoms with Gasteiger partial charge in [-0.05, 0) is 31.2 Å². The number of nitrogens with two attached hydrogens (primary N) is 1. The molecule has 2 aromatic rings. The van der Waals surface area contributed by atoms with E-state index in [0.717, 1.165) is 5.56 Å². The minimum Gasteiger partial charge on any atom is -0.469 e. The largest absolute Gasteiger partial charge is 0.469 e. The lowest BCUT2D eigenvalue weighted by Gasteiger charge is -2.18. The van der Waals surface area contributed by atoms with Gasteiger partial charge in [-0.2, -0.15) is 4.31 Å². The molecule has 20 heavy (non-hydrogen) atoms. The Labute approximate surface area is 123 Å². The number of nitrogens with zero attached hydrogens (tertiary/aromatic N) is 1. The minimum atomic E-state index is -3.71. The summed E-state index contributed by atoms with van der Waals surface area (Å²) in [4.78, 5) is 0.00261. The van der Waals surface area contributed by atoms with Crippen LogP contribution in [0.5, 0.6) is 0 Å². The zero-order valence-electron chi connectivity index (χ0n) is 11.1. The van der Waals surface area contributed by atoms with Gasteiger partial charge in [0.1, 0.15) is 10.7 Å². The van der Waals surface area contributed by atoms with E-state index in [1.807, 2.05) is 0 Å². The third-order valence-electron chi connectivity index (χ3n) is 3.00. The average Bonchev–Trinajstić information content (AvgIpc) is 2.78. The molecular weight excluding hydrogens is 300 g/mol. The van der Waals surface area contributed by atoms with E-state index in [1.54, 1.807) is 19.1 Å². The quantitative estimate of drug-likeness (QED) is 0.880. The van der Waals surface area contributed by atoms with Crippen LogP contribution in [0.25, 0.3) is 0 Å². The minimum absolute atomic E-state index is 0.00261. The number of hydrogen-bond acceptors (Lipinski definition) is 4. The lowest BCUT2D eigenvalue weighted by Crippen LogP contribution is -2.27. The standard InChI is InChI=1S/C13H15ClN2O3S/c1-9-10(5-6-19-9)8-16(2)20(17,18)13-7-11(15)3-4-12(13)14/h3-7H,8,15H2,1-2H3. The third kappa shape index (κ3) is 2.82. The molecule has 0 radical (unpaired) electrons. The lowest BCUT2D eigenvalue weighted by molar-refractivity contribution is 0.459. The Bertz CT molecular complexity index is 725. The second-order valence-corrected chi connectivity index (χ2v) is 6.87. The van der Waals surface area contributed by atoms with E-state index in [4.69, 9.17) is 21.8 Å². The first kappa shape index (κ1) is 14.9. The highest BCUT2D eigenvalue weighted by molar-refractivity contribution is 7.89. The molecule has 0 fully saturated rings. The van der Waals surface area contributed by atoms with Gasteiger partial charge >= 0.3 is 0 Å². The second-order valence-electron chi connectivity index (χ2n) is 4.45. The van der Waals surface area contributed by atoms with Gasteiger partial charge in [-0.15, -0.1) is 0 Å². The van der Waals surface area contributed by atoms with E-state index in [0.29, 0.717) is 11.4 Å². The average molecular weight is 315 g/mol. The molecule has 0 atom stereocenters. The van der Waals surface area contributed by atoms with Gasteiger partial charge < -0.3 is 10.2 Å². The van der Waals surface area contributed by atoms with Crippen LogP contribution in [0.15, 0.2) is 39.8 Å². The van der Waals surface area contributed by atoms with Crippen molar-refractivity contribution in [3.05, 3.63) is 46.9 Å². The van der Waals surface area contributed by atoms with E-state index in [2.05, 4.69) is 0 Å². The first-order valence-corrected chi connectivity index (χ1v) is 7.68. The summed E-state index contributed by atoms with van der Waals surface area (Å²) in [6, 6.07) is 6.13. The Kier molecular flexibility index (Phi) is 4.08. The molecule has 5 nitrogen and oxygen atoms in total. The summed E-state index contributed by atoms with van der Waals surface area (Å²) in [6.45, 7) is 1.99. The van der Waals surface area contributed by atoms with E-state index in [9.17, 15) is 8.42 Å². The number of hydrogen-bond donors (Lipinski definition) is 1. The normalized spacial score (nSPS) is 12.0. The van der Waals surface area contributed by atoms with Crippen LogP contribution in [0.4, 0.5) is 5.69 Å². The molecule has 0 aliphatic rings. The fourth-order valence-electron chi connectivity index (χ4n) is 1.79. The number of halogens is 1. The molecule has 2 N–H and O–H groups in total. The Morgan fingerprint density at radius 1 is 1.35 bits per heavy atom. The zero-order valence-corrected chi connectivity index (χ0v) is 12.7. The molecule has 1 aromatic heterocycles. The molecule has 0 bridgehead atoms. The molecule has 0 aliphatic heterocycles. The Morgan fingerprint density at radius 3 is 2.65 bits per heavy atom. The van der Waals surface area contributed by atoms with Crippen LogP contribution >= 0.6 is 11.6 Å². The zero-order chi connectivity index (χ0) is 14.9. The monoisotopic (exact) mass is 314 g/mol. The van der Waals surface area contributed by atoms with Gasteiger partial charge in [-0.1, -0.05) is 11.6 Å². The van der Waals surface area contributed by atoms with Gasteiger partial charge in [0.2, 0.25) is 10.0 Å². The van der Waals surface area contributed by atoms with Gasteiger partial charge in [-0.3, -0.25) is 0 Å². The fraction of sp³-hybridized carbons (Fsp3) is 0.231. The fourth-order valence-corrected chi connectivity index (χ4v) is 3.44. The van der Waals surface area contributed by atoms with Crippen LogP contribution < -0.4 is 5.73 Å². The van der Waals surface area contributed by atoms with Crippen molar-refractivity contribution in [2.75, 3.05) is 12.8 Å². The SMILES string of the molecule is Cc1occc1CN(C)S(=O)(=O)c1cc(N)ccc1Cl. The first-order valence-electron chi connectivity index (χ1n) is 5.86. The molecule has 2 rings (SSSR count). The number of rotatable bonds is 4. The number of furan rings is 1. The number of aryl methyl sites for hydroxylation is 1. The van der Waals surface area contributed by atoms with Crippen molar-refractivity contribution in [3.8, 4) is 0 Å². The van der Waals surface area contributed by atoms with Gasteiger partial charge in [0.15, 0.2) is 0 Å². The van der Waals surface area contributed by atoms with Gasteiger partial charge in [0, 0.05) is 24.8 Å². The van der Waals surface area contributed by atoms with E-state index < -0.39 is 10.0 Å². The molecule has 7 heteroatoms. The number of sulfonamides is 1.